The second-order valence-electron chi connectivity index (χ2n) is 4.54. The molecule has 0 radical (unpaired) electrons. The predicted molar refractivity (Wildman–Crippen MR) is 90.2 cm³/mol. The summed E-state index contributed by atoms with van der Waals surface area (Å²) < 4.78 is 11.5. The second-order valence-corrected chi connectivity index (χ2v) is 4.54. The van der Waals surface area contributed by atoms with Gasteiger partial charge in [0, 0.05) is 18.7 Å². The first kappa shape index (κ1) is 16.7. The lowest BCUT2D eigenvalue weighted by Gasteiger charge is -2.08. The molecule has 1 heterocycles. The van der Waals surface area contributed by atoms with Crippen molar-refractivity contribution in [3.63, 3.8) is 0 Å². The Hall–Kier alpha value is -2.63. The van der Waals surface area contributed by atoms with Gasteiger partial charge in [0.1, 0.15) is 23.6 Å². The fourth-order valence-electron chi connectivity index (χ4n) is 1.89. The van der Waals surface area contributed by atoms with Crippen molar-refractivity contribution in [1.82, 2.24) is 9.97 Å². The van der Waals surface area contributed by atoms with E-state index in [9.17, 15) is 0 Å². The van der Waals surface area contributed by atoms with Crippen molar-refractivity contribution < 1.29 is 9.47 Å². The fourth-order valence-corrected chi connectivity index (χ4v) is 1.89. The van der Waals surface area contributed by atoms with E-state index in [1.165, 1.54) is 6.33 Å². The maximum atomic E-state index is 5.77. The van der Waals surface area contributed by atoms with Crippen LogP contribution < -0.4 is 15.2 Å². The monoisotopic (exact) mass is 329 g/mol. The quantitative estimate of drug-likeness (QED) is 0.767. The van der Waals surface area contributed by atoms with Crippen molar-refractivity contribution in [2.45, 2.75) is 6.54 Å². The van der Waals surface area contributed by atoms with Crippen LogP contribution in [0.25, 0.3) is 0 Å². The minimum absolute atomic E-state index is 0. The highest BCUT2D eigenvalue weighted by atomic mass is 35.5. The maximum absolute atomic E-state index is 5.77. The molecule has 0 unspecified atom stereocenters. The van der Waals surface area contributed by atoms with E-state index in [0.717, 1.165) is 11.4 Å². The van der Waals surface area contributed by atoms with Gasteiger partial charge in [0.05, 0.1) is 5.69 Å². The van der Waals surface area contributed by atoms with Gasteiger partial charge in [0.25, 0.3) is 0 Å². The Kier molecular flexibility index (Phi) is 5.91. The summed E-state index contributed by atoms with van der Waals surface area (Å²) in [7, 11) is 0. The molecule has 3 rings (SSSR count). The van der Waals surface area contributed by atoms with Crippen LogP contribution in [0.5, 0.6) is 23.1 Å². The van der Waals surface area contributed by atoms with Crippen LogP contribution in [0.15, 0.2) is 67.0 Å². The maximum Gasteiger partial charge on any atom is 0.222 e. The lowest BCUT2D eigenvalue weighted by atomic mass is 10.3. The van der Waals surface area contributed by atoms with Gasteiger partial charge in [0.2, 0.25) is 5.88 Å². The van der Waals surface area contributed by atoms with Crippen molar-refractivity contribution in [2.24, 2.45) is 5.73 Å². The molecule has 0 aliphatic rings. The Labute approximate surface area is 140 Å². The van der Waals surface area contributed by atoms with E-state index in [-0.39, 0.29) is 12.4 Å². The molecule has 118 valence electrons. The summed E-state index contributed by atoms with van der Waals surface area (Å²) in [5.41, 5.74) is 6.28. The third-order valence-corrected chi connectivity index (χ3v) is 2.91. The minimum atomic E-state index is 0. The van der Waals surface area contributed by atoms with Crippen LogP contribution in [0.1, 0.15) is 5.69 Å². The highest BCUT2D eigenvalue weighted by Gasteiger charge is 2.03. The Bertz CT molecular complexity index is 754. The molecule has 2 N–H and O–H groups in total. The van der Waals surface area contributed by atoms with Gasteiger partial charge in [-0.05, 0) is 24.3 Å². The Morgan fingerprint density at radius 3 is 2.22 bits per heavy atom. The van der Waals surface area contributed by atoms with Crippen LogP contribution in [0.4, 0.5) is 0 Å². The van der Waals surface area contributed by atoms with Gasteiger partial charge in [-0.1, -0.05) is 24.3 Å². The van der Waals surface area contributed by atoms with Crippen LogP contribution in [-0.4, -0.2) is 9.97 Å². The summed E-state index contributed by atoms with van der Waals surface area (Å²) >= 11 is 0. The van der Waals surface area contributed by atoms with Crippen molar-refractivity contribution in [2.75, 3.05) is 0 Å². The highest BCUT2D eigenvalue weighted by Crippen LogP contribution is 2.27. The first-order chi connectivity index (χ1) is 10.8. The number of benzene rings is 2. The van der Waals surface area contributed by atoms with Crippen LogP contribution in [0.2, 0.25) is 0 Å². The number of nitrogens with zero attached hydrogens (tertiary/aromatic N) is 2. The van der Waals surface area contributed by atoms with Gasteiger partial charge < -0.3 is 15.2 Å². The van der Waals surface area contributed by atoms with E-state index >= 15 is 0 Å². The van der Waals surface area contributed by atoms with Gasteiger partial charge in [-0.3, -0.25) is 0 Å². The van der Waals surface area contributed by atoms with Crippen LogP contribution in [0, 0.1) is 0 Å². The molecule has 6 heteroatoms. The largest absolute Gasteiger partial charge is 0.457 e. The number of nitrogens with two attached hydrogens (primary N) is 1. The zero-order chi connectivity index (χ0) is 15.2. The Morgan fingerprint density at radius 2 is 1.48 bits per heavy atom. The van der Waals surface area contributed by atoms with Crippen molar-refractivity contribution in [3.05, 3.63) is 72.7 Å². The molecule has 0 saturated carbocycles. The molecule has 5 nitrogen and oxygen atoms in total. The highest BCUT2D eigenvalue weighted by molar-refractivity contribution is 5.85. The van der Waals surface area contributed by atoms with E-state index < -0.39 is 0 Å². The Morgan fingerprint density at radius 1 is 0.783 bits per heavy atom. The molecule has 0 aliphatic heterocycles. The minimum Gasteiger partial charge on any atom is -0.457 e. The molecule has 2 aromatic carbocycles. The van der Waals surface area contributed by atoms with Gasteiger partial charge in [-0.15, -0.1) is 12.4 Å². The van der Waals surface area contributed by atoms with Gasteiger partial charge in [-0.2, -0.15) is 0 Å². The first-order valence-electron chi connectivity index (χ1n) is 6.85. The number of aromatic nitrogens is 2. The van der Waals surface area contributed by atoms with Gasteiger partial charge in [-0.25, -0.2) is 9.97 Å². The number of ether oxygens (including phenoxy) is 2. The summed E-state index contributed by atoms with van der Waals surface area (Å²) in [5, 5.41) is 0. The molecular formula is C17H16ClN3O2. The van der Waals surface area contributed by atoms with Gasteiger partial charge in [0.15, 0.2) is 0 Å². The van der Waals surface area contributed by atoms with E-state index in [1.54, 1.807) is 12.1 Å². The first-order valence-corrected chi connectivity index (χ1v) is 6.85. The van der Waals surface area contributed by atoms with Crippen molar-refractivity contribution in [3.8, 4) is 23.1 Å². The number of para-hydroxylation sites is 1. The lowest BCUT2D eigenvalue weighted by molar-refractivity contribution is 0.447. The number of hydrogen-bond acceptors (Lipinski definition) is 5. The topological polar surface area (TPSA) is 70.3 Å². The Balaban J connectivity index is 0.00000192. The summed E-state index contributed by atoms with van der Waals surface area (Å²) in [6.07, 6.45) is 1.43. The van der Waals surface area contributed by atoms with E-state index in [1.807, 2.05) is 48.5 Å². The number of hydrogen-bond donors (Lipinski definition) is 1. The van der Waals surface area contributed by atoms with Crippen LogP contribution in [-0.2, 0) is 6.54 Å². The molecule has 0 fully saturated rings. The third kappa shape index (κ3) is 4.67. The normalized spacial score (nSPS) is 9.78. The lowest BCUT2D eigenvalue weighted by Crippen LogP contribution is -2.00. The molecule has 0 bridgehead atoms. The SMILES string of the molecule is Cl.NCc1cc(Oc2cccc(Oc3ccccc3)c2)ncn1. The average Bonchev–Trinajstić information content (AvgIpc) is 2.56. The van der Waals surface area contributed by atoms with Crippen LogP contribution >= 0.6 is 12.4 Å². The second kappa shape index (κ2) is 8.12. The summed E-state index contributed by atoms with van der Waals surface area (Å²) in [6.45, 7) is 0.343. The zero-order valence-electron chi connectivity index (χ0n) is 12.3. The summed E-state index contributed by atoms with van der Waals surface area (Å²) in [6, 6.07) is 18.6. The summed E-state index contributed by atoms with van der Waals surface area (Å²) in [5.74, 6) is 2.55. The van der Waals surface area contributed by atoms with E-state index in [2.05, 4.69) is 9.97 Å². The molecule has 23 heavy (non-hydrogen) atoms. The molecule has 1 aromatic heterocycles. The molecule has 0 atom stereocenters. The number of halogens is 1. The molecule has 0 aliphatic carbocycles. The molecule has 0 amide bonds. The number of rotatable bonds is 5. The third-order valence-electron chi connectivity index (χ3n) is 2.91. The van der Waals surface area contributed by atoms with Crippen molar-refractivity contribution >= 4 is 12.4 Å². The summed E-state index contributed by atoms with van der Waals surface area (Å²) in [4.78, 5) is 8.10. The predicted octanol–water partition coefficient (Wildman–Crippen LogP) is 3.94. The zero-order valence-corrected chi connectivity index (χ0v) is 13.1. The molecular weight excluding hydrogens is 314 g/mol. The smallest absolute Gasteiger partial charge is 0.222 e. The molecule has 3 aromatic rings. The van der Waals surface area contributed by atoms with E-state index in [4.69, 9.17) is 15.2 Å². The fraction of sp³-hybridized carbons (Fsp3) is 0.0588. The van der Waals surface area contributed by atoms with E-state index in [0.29, 0.717) is 23.9 Å². The molecule has 0 spiro atoms. The van der Waals surface area contributed by atoms with Crippen LogP contribution in [0.3, 0.4) is 0 Å². The average molecular weight is 330 g/mol. The molecule has 0 saturated heterocycles. The van der Waals surface area contributed by atoms with Crippen molar-refractivity contribution in [1.29, 1.82) is 0 Å². The standard InChI is InChI=1S/C17H15N3O2.ClH/c18-11-13-9-17(20-12-19-13)22-16-8-4-7-15(10-16)21-14-5-2-1-3-6-14;/h1-10,12H,11,18H2;1H. The van der Waals surface area contributed by atoms with Gasteiger partial charge >= 0.3 is 0 Å².